The Balaban J connectivity index is 1.68. The molecule has 1 aliphatic rings. The normalized spacial score (nSPS) is 12.5. The summed E-state index contributed by atoms with van der Waals surface area (Å²) < 4.78 is 5.25. The monoisotopic (exact) mass is 428 g/mol. The molecule has 0 radical (unpaired) electrons. The number of benzene rings is 4. The lowest BCUT2D eigenvalue weighted by atomic mass is 9.81. The molecule has 0 heterocycles. The molecule has 0 aromatic heterocycles. The fraction of sp³-hybridized carbons (Fsp3) is 0.0400. The first kappa shape index (κ1) is 19.2. The number of carbonyl (C=O) groups excluding carboxylic acids is 2. The highest BCUT2D eigenvalue weighted by atomic mass is 32.2. The van der Waals surface area contributed by atoms with Crippen LogP contribution in [0.25, 0.3) is 10.8 Å². The lowest BCUT2D eigenvalue weighted by Crippen LogP contribution is -2.21. The van der Waals surface area contributed by atoms with E-state index in [1.807, 2.05) is 24.3 Å². The molecule has 0 amide bonds. The largest absolute Gasteiger partial charge is 0.506 e. The second kappa shape index (κ2) is 7.18. The molecule has 0 fully saturated rings. The van der Waals surface area contributed by atoms with E-state index >= 15 is 0 Å². The maximum atomic E-state index is 13.1. The molecule has 2 N–H and O–H groups in total. The number of phenols is 2. The van der Waals surface area contributed by atoms with Crippen molar-refractivity contribution in [2.24, 2.45) is 0 Å². The van der Waals surface area contributed by atoms with Gasteiger partial charge in [-0.2, -0.15) is 0 Å². The van der Waals surface area contributed by atoms with Crippen LogP contribution in [0, 0.1) is 0 Å². The number of aromatic hydroxyl groups is 2. The molecule has 0 saturated heterocycles. The van der Waals surface area contributed by atoms with Crippen LogP contribution in [0.2, 0.25) is 0 Å². The predicted octanol–water partition coefficient (Wildman–Crippen LogP) is 5.19. The number of carbonyl (C=O) groups is 2. The summed E-state index contributed by atoms with van der Waals surface area (Å²) in [6, 6.07) is 19.1. The van der Waals surface area contributed by atoms with Crippen LogP contribution in [-0.2, 0) is 0 Å². The smallest absolute Gasteiger partial charge is 0.198 e. The van der Waals surface area contributed by atoms with Crippen LogP contribution in [0.1, 0.15) is 31.8 Å². The van der Waals surface area contributed by atoms with E-state index in [-0.39, 0.29) is 33.8 Å². The Bertz CT molecular complexity index is 1410. The lowest BCUT2D eigenvalue weighted by molar-refractivity contribution is 0.0974. The third kappa shape index (κ3) is 2.95. The first-order valence-electron chi connectivity index (χ1n) is 9.51. The van der Waals surface area contributed by atoms with E-state index < -0.39 is 11.6 Å². The molecule has 0 spiro atoms. The summed E-state index contributed by atoms with van der Waals surface area (Å²) in [6.07, 6.45) is 0. The second-order valence-corrected chi connectivity index (χ2v) is 8.29. The summed E-state index contributed by atoms with van der Waals surface area (Å²) in [6.45, 7) is 0. The Kier molecular flexibility index (Phi) is 4.45. The molecule has 152 valence electrons. The topological polar surface area (TPSA) is 83.8 Å². The van der Waals surface area contributed by atoms with Crippen molar-refractivity contribution in [3.8, 4) is 17.2 Å². The van der Waals surface area contributed by atoms with Crippen LogP contribution >= 0.6 is 11.8 Å². The Morgan fingerprint density at radius 1 is 0.710 bits per heavy atom. The van der Waals surface area contributed by atoms with Gasteiger partial charge in [0, 0.05) is 31.7 Å². The predicted molar refractivity (Wildman–Crippen MR) is 118 cm³/mol. The Hall–Kier alpha value is -3.77. The van der Waals surface area contributed by atoms with E-state index in [1.54, 1.807) is 49.6 Å². The summed E-state index contributed by atoms with van der Waals surface area (Å²) in [5, 5.41) is 22.5. The summed E-state index contributed by atoms with van der Waals surface area (Å²) in [5.74, 6) is -0.832. The number of rotatable bonds is 3. The maximum absolute atomic E-state index is 13.1. The summed E-state index contributed by atoms with van der Waals surface area (Å²) in [5.41, 5.74) is 0.134. The number of phenolic OH excluding ortho intramolecular Hbond substituents is 2. The van der Waals surface area contributed by atoms with Gasteiger partial charge in [0.05, 0.1) is 18.2 Å². The van der Waals surface area contributed by atoms with Gasteiger partial charge in [-0.25, -0.2) is 0 Å². The van der Waals surface area contributed by atoms with Crippen LogP contribution in [0.4, 0.5) is 0 Å². The average Bonchev–Trinajstić information content (AvgIpc) is 2.80. The third-order valence-electron chi connectivity index (χ3n) is 5.37. The standard InChI is InChI=1S/C25H16O5S/c1-30-13-5-4-6-14(11-13)31-15-9-10-18-19(12-15)25(29)21-20(24(18)28)22(26)16-7-2-3-8-17(16)23(21)27/h2-12,28-29H,1H3. The van der Waals surface area contributed by atoms with Crippen LogP contribution in [-0.4, -0.2) is 28.9 Å². The van der Waals surface area contributed by atoms with Crippen LogP contribution < -0.4 is 4.74 Å². The van der Waals surface area contributed by atoms with Gasteiger partial charge in [-0.15, -0.1) is 0 Å². The van der Waals surface area contributed by atoms with Gasteiger partial charge in [-0.1, -0.05) is 42.1 Å². The average molecular weight is 428 g/mol. The molecular weight excluding hydrogens is 412 g/mol. The van der Waals surface area contributed by atoms with E-state index in [0.717, 1.165) is 15.5 Å². The number of hydrogen-bond donors (Lipinski definition) is 2. The molecule has 5 nitrogen and oxygen atoms in total. The van der Waals surface area contributed by atoms with Crippen molar-refractivity contribution in [1.82, 2.24) is 0 Å². The Morgan fingerprint density at radius 2 is 1.32 bits per heavy atom. The van der Waals surface area contributed by atoms with Gasteiger partial charge < -0.3 is 14.9 Å². The fourth-order valence-electron chi connectivity index (χ4n) is 3.89. The molecule has 1 aliphatic carbocycles. The van der Waals surface area contributed by atoms with Crippen LogP contribution in [0.5, 0.6) is 17.2 Å². The van der Waals surface area contributed by atoms with Crippen LogP contribution in [0.3, 0.4) is 0 Å². The van der Waals surface area contributed by atoms with Crippen molar-refractivity contribution >= 4 is 34.1 Å². The number of hydrogen-bond acceptors (Lipinski definition) is 6. The van der Waals surface area contributed by atoms with E-state index in [0.29, 0.717) is 10.8 Å². The van der Waals surface area contributed by atoms with E-state index in [9.17, 15) is 19.8 Å². The minimum absolute atomic E-state index is 0.151. The van der Waals surface area contributed by atoms with Gasteiger partial charge in [0.1, 0.15) is 17.2 Å². The molecular formula is C25H16O5S. The summed E-state index contributed by atoms with van der Waals surface area (Å²) >= 11 is 1.45. The van der Waals surface area contributed by atoms with E-state index in [2.05, 4.69) is 0 Å². The van der Waals surface area contributed by atoms with Crippen molar-refractivity contribution in [3.05, 3.63) is 89.0 Å². The quantitative estimate of drug-likeness (QED) is 0.385. The number of ether oxygens (including phenoxy) is 1. The zero-order valence-electron chi connectivity index (χ0n) is 16.4. The molecule has 4 aromatic carbocycles. The second-order valence-electron chi connectivity index (χ2n) is 7.14. The number of ketones is 2. The van der Waals surface area contributed by atoms with Crippen molar-refractivity contribution in [3.63, 3.8) is 0 Å². The molecule has 31 heavy (non-hydrogen) atoms. The Labute approximate surface area is 181 Å². The van der Waals surface area contributed by atoms with Gasteiger partial charge in [0.2, 0.25) is 0 Å². The first-order chi connectivity index (χ1) is 15.0. The molecule has 0 aliphatic heterocycles. The van der Waals surface area contributed by atoms with Gasteiger partial charge in [0.15, 0.2) is 11.6 Å². The zero-order valence-corrected chi connectivity index (χ0v) is 17.2. The number of methoxy groups -OCH3 is 1. The maximum Gasteiger partial charge on any atom is 0.198 e. The molecule has 0 atom stereocenters. The molecule has 4 aromatic rings. The highest BCUT2D eigenvalue weighted by Crippen LogP contribution is 2.45. The van der Waals surface area contributed by atoms with Crippen molar-refractivity contribution in [2.45, 2.75) is 9.79 Å². The third-order valence-corrected chi connectivity index (χ3v) is 6.35. The molecule has 0 unspecified atom stereocenters. The van der Waals surface area contributed by atoms with Crippen molar-refractivity contribution in [1.29, 1.82) is 0 Å². The Morgan fingerprint density at radius 3 is 1.97 bits per heavy atom. The lowest BCUT2D eigenvalue weighted by Gasteiger charge is -2.21. The fourth-order valence-corrected chi connectivity index (χ4v) is 4.79. The minimum atomic E-state index is -0.481. The molecule has 6 heteroatoms. The van der Waals surface area contributed by atoms with E-state index in [1.165, 1.54) is 11.8 Å². The van der Waals surface area contributed by atoms with Gasteiger partial charge in [0.25, 0.3) is 0 Å². The van der Waals surface area contributed by atoms with Crippen molar-refractivity contribution < 1.29 is 24.5 Å². The SMILES string of the molecule is COc1cccc(Sc2ccc3c(O)c4c(c(O)c3c2)C(=O)c2ccccc2C4=O)c1. The van der Waals surface area contributed by atoms with Crippen molar-refractivity contribution in [2.75, 3.05) is 7.11 Å². The highest BCUT2D eigenvalue weighted by molar-refractivity contribution is 7.99. The van der Waals surface area contributed by atoms with Gasteiger partial charge in [-0.3, -0.25) is 9.59 Å². The first-order valence-corrected chi connectivity index (χ1v) is 10.3. The molecule has 5 rings (SSSR count). The van der Waals surface area contributed by atoms with E-state index in [4.69, 9.17) is 4.74 Å². The van der Waals surface area contributed by atoms with Crippen LogP contribution in [0.15, 0.2) is 76.5 Å². The highest BCUT2D eigenvalue weighted by Gasteiger charge is 2.35. The summed E-state index contributed by atoms with van der Waals surface area (Å²) in [7, 11) is 1.60. The van der Waals surface area contributed by atoms with Gasteiger partial charge >= 0.3 is 0 Å². The molecule has 0 bridgehead atoms. The number of fused-ring (bicyclic) bond motifs is 3. The minimum Gasteiger partial charge on any atom is -0.506 e. The molecule has 0 saturated carbocycles. The summed E-state index contributed by atoms with van der Waals surface area (Å²) in [4.78, 5) is 27.8. The van der Waals surface area contributed by atoms with Gasteiger partial charge in [-0.05, 0) is 36.4 Å². The zero-order chi connectivity index (χ0) is 21.7.